The van der Waals surface area contributed by atoms with E-state index in [1.165, 1.54) is 0 Å². The van der Waals surface area contributed by atoms with Gasteiger partial charge in [-0.25, -0.2) is 4.79 Å². The van der Waals surface area contributed by atoms with Gasteiger partial charge in [-0.2, -0.15) is 0 Å². The molecule has 2 aliphatic rings. The van der Waals surface area contributed by atoms with Crippen LogP contribution in [0.5, 0.6) is 0 Å². The number of carbonyl (C=O) groups is 1. The molecule has 2 aliphatic heterocycles. The highest BCUT2D eigenvalue weighted by molar-refractivity contribution is 5.71. The van der Waals surface area contributed by atoms with Gasteiger partial charge in [0.2, 0.25) is 0 Å². The van der Waals surface area contributed by atoms with E-state index in [0.29, 0.717) is 0 Å². The van der Waals surface area contributed by atoms with Crippen molar-refractivity contribution in [3.05, 3.63) is 0 Å². The van der Waals surface area contributed by atoms with Crippen LogP contribution in [0.4, 0.5) is 4.79 Å². The van der Waals surface area contributed by atoms with Crippen LogP contribution >= 0.6 is 0 Å². The van der Waals surface area contributed by atoms with E-state index < -0.39 is 80.6 Å². The lowest BCUT2D eigenvalue weighted by Crippen LogP contribution is -2.66. The van der Waals surface area contributed by atoms with Crippen molar-refractivity contribution >= 4 is 6.03 Å². The number of primary amides is 1. The van der Waals surface area contributed by atoms with Crippen LogP contribution in [-0.2, 0) is 14.2 Å². The molecular weight excluding hydrogens is 392 g/mol. The van der Waals surface area contributed by atoms with E-state index in [0.717, 1.165) is 0 Å². The molecule has 2 rings (SSSR count). The molecule has 0 saturated carbocycles. The summed E-state index contributed by atoms with van der Waals surface area (Å²) in [5.41, 5.74) is 4.93. The zero-order valence-corrected chi connectivity index (χ0v) is 14.5. The minimum absolute atomic E-state index is 0. The quantitative estimate of drug-likeness (QED) is 0.201. The summed E-state index contributed by atoms with van der Waals surface area (Å²) in [5.74, 6) is 0. The first-order valence-corrected chi connectivity index (χ1v) is 7.85. The molecule has 0 radical (unpaired) electrons. The Morgan fingerprint density at radius 1 is 0.857 bits per heavy atom. The lowest BCUT2D eigenvalue weighted by atomic mass is 9.96. The Labute approximate surface area is 158 Å². The average molecular weight is 420 g/mol. The summed E-state index contributed by atoms with van der Waals surface area (Å²) < 4.78 is 15.7. The van der Waals surface area contributed by atoms with Crippen LogP contribution in [0, 0.1) is 0 Å². The molecule has 0 spiro atoms. The SMILES string of the molecule is NC(=O)N[C@@H]1O[C@H](CO)[C@@H](O[C@@H]2O[C@H](CO)[C@H](O)[C@H](O)[C@H]2O)[C@H](O)[C@H]1O.O.O. The summed E-state index contributed by atoms with van der Waals surface area (Å²) in [4.78, 5) is 10.9. The zero-order chi connectivity index (χ0) is 19.6. The Hall–Kier alpha value is -1.21. The number of rotatable bonds is 5. The van der Waals surface area contributed by atoms with Crippen molar-refractivity contribution in [2.45, 2.75) is 61.3 Å². The smallest absolute Gasteiger partial charge is 0.314 e. The number of amides is 2. The molecule has 15 nitrogen and oxygen atoms in total. The third-order valence-corrected chi connectivity index (χ3v) is 4.29. The van der Waals surface area contributed by atoms with Crippen molar-refractivity contribution < 1.29 is 65.7 Å². The van der Waals surface area contributed by atoms with Gasteiger partial charge in [0.15, 0.2) is 12.5 Å². The Balaban J connectivity index is 0.00000364. The van der Waals surface area contributed by atoms with Crippen molar-refractivity contribution in [3.8, 4) is 0 Å². The first kappa shape index (κ1) is 26.8. The third-order valence-electron chi connectivity index (χ3n) is 4.29. The van der Waals surface area contributed by atoms with Crippen LogP contribution in [0.15, 0.2) is 0 Å². The van der Waals surface area contributed by atoms with E-state index in [-0.39, 0.29) is 11.0 Å². The molecule has 0 aliphatic carbocycles. The maximum absolute atomic E-state index is 10.9. The molecule has 28 heavy (non-hydrogen) atoms. The molecule has 0 bridgehead atoms. The number of carbonyl (C=O) groups excluding carboxylic acids is 1. The minimum Gasteiger partial charge on any atom is -0.412 e. The van der Waals surface area contributed by atoms with Crippen LogP contribution in [0.25, 0.3) is 0 Å². The fourth-order valence-corrected chi connectivity index (χ4v) is 2.85. The second-order valence-corrected chi connectivity index (χ2v) is 6.07. The summed E-state index contributed by atoms with van der Waals surface area (Å²) in [5, 5.41) is 70.3. The number of hydrogen-bond donors (Lipinski definition) is 9. The number of aliphatic hydroxyl groups is 7. The van der Waals surface area contributed by atoms with Gasteiger partial charge >= 0.3 is 6.03 Å². The normalized spacial score (nSPS) is 43.4. The van der Waals surface area contributed by atoms with Gasteiger partial charge in [-0.1, -0.05) is 0 Å². The predicted octanol–water partition coefficient (Wildman–Crippen LogP) is -7.37. The maximum Gasteiger partial charge on any atom is 0.314 e. The first-order chi connectivity index (χ1) is 12.2. The Kier molecular flexibility index (Phi) is 10.6. The second kappa shape index (κ2) is 11.1. The maximum atomic E-state index is 10.9. The van der Waals surface area contributed by atoms with E-state index in [1.54, 1.807) is 0 Å². The Bertz CT molecular complexity index is 481. The molecule has 2 fully saturated rings. The van der Waals surface area contributed by atoms with Gasteiger partial charge in [0, 0.05) is 0 Å². The van der Waals surface area contributed by atoms with E-state index >= 15 is 0 Å². The summed E-state index contributed by atoms with van der Waals surface area (Å²) in [6, 6.07) is -1.04. The van der Waals surface area contributed by atoms with Crippen LogP contribution < -0.4 is 11.1 Å². The van der Waals surface area contributed by atoms with Crippen molar-refractivity contribution in [3.63, 3.8) is 0 Å². The number of hydrogen-bond acceptors (Lipinski definition) is 11. The number of urea groups is 1. The molecule has 14 N–H and O–H groups in total. The molecular formula is C13H28N2O13. The summed E-state index contributed by atoms with van der Waals surface area (Å²) >= 11 is 0. The minimum atomic E-state index is -1.75. The van der Waals surface area contributed by atoms with Crippen LogP contribution in [-0.4, -0.2) is 127 Å². The lowest BCUT2D eigenvalue weighted by molar-refractivity contribution is -0.342. The molecule has 2 heterocycles. The topological polar surface area (TPSA) is 287 Å². The molecule has 0 aromatic heterocycles. The van der Waals surface area contributed by atoms with E-state index in [2.05, 4.69) is 0 Å². The molecule has 0 aromatic rings. The molecule has 0 unspecified atom stereocenters. The highest BCUT2D eigenvalue weighted by Crippen LogP contribution is 2.28. The highest BCUT2D eigenvalue weighted by Gasteiger charge is 2.50. The first-order valence-electron chi connectivity index (χ1n) is 7.85. The van der Waals surface area contributed by atoms with E-state index in [1.807, 2.05) is 5.32 Å². The van der Waals surface area contributed by atoms with Crippen LogP contribution in [0.1, 0.15) is 0 Å². The second-order valence-electron chi connectivity index (χ2n) is 6.07. The number of nitrogens with two attached hydrogens (primary N) is 1. The molecule has 168 valence electrons. The number of ether oxygens (including phenoxy) is 3. The third kappa shape index (κ3) is 5.44. The highest BCUT2D eigenvalue weighted by atomic mass is 16.7. The van der Waals surface area contributed by atoms with Gasteiger partial charge in [0.05, 0.1) is 13.2 Å². The van der Waals surface area contributed by atoms with E-state index in [4.69, 9.17) is 25.1 Å². The molecule has 2 saturated heterocycles. The summed E-state index contributed by atoms with van der Waals surface area (Å²) in [7, 11) is 0. The Morgan fingerprint density at radius 2 is 1.43 bits per heavy atom. The monoisotopic (exact) mass is 420 g/mol. The fraction of sp³-hybridized carbons (Fsp3) is 0.923. The zero-order valence-electron chi connectivity index (χ0n) is 14.5. The van der Waals surface area contributed by atoms with Gasteiger partial charge < -0.3 is 72.0 Å². The van der Waals surface area contributed by atoms with Gasteiger partial charge in [-0.15, -0.1) is 0 Å². The van der Waals surface area contributed by atoms with Crippen molar-refractivity contribution in [2.75, 3.05) is 13.2 Å². The number of nitrogens with one attached hydrogen (secondary N) is 1. The molecule has 2 amide bonds. The van der Waals surface area contributed by atoms with E-state index in [9.17, 15) is 35.4 Å². The van der Waals surface area contributed by atoms with Gasteiger partial charge in [-0.05, 0) is 0 Å². The lowest BCUT2D eigenvalue weighted by Gasteiger charge is -2.46. The standard InChI is InChI=1S/C13H24N2O11.2H2O/c14-13(23)15-11-8(21)7(20)10(4(2-17)24-11)26-12-9(22)6(19)5(18)3(1-16)25-12;;/h3-12,16-22H,1-2H2,(H3,14,15,23);2*1H2/t3-,4-,5+,6+,7-,8-,9-,10-,11-,12+;;/m1../s1. The van der Waals surface area contributed by atoms with Crippen molar-refractivity contribution in [1.29, 1.82) is 0 Å². The molecule has 0 aromatic carbocycles. The Morgan fingerprint density at radius 3 is 1.93 bits per heavy atom. The summed E-state index contributed by atoms with van der Waals surface area (Å²) in [6.07, 6.45) is -15.5. The van der Waals surface area contributed by atoms with Gasteiger partial charge in [0.1, 0.15) is 48.8 Å². The predicted molar refractivity (Wildman–Crippen MR) is 86.3 cm³/mol. The summed E-state index contributed by atoms with van der Waals surface area (Å²) in [6.45, 7) is -1.39. The van der Waals surface area contributed by atoms with Crippen LogP contribution in [0.3, 0.4) is 0 Å². The van der Waals surface area contributed by atoms with Gasteiger partial charge in [0.25, 0.3) is 0 Å². The fourth-order valence-electron chi connectivity index (χ4n) is 2.85. The van der Waals surface area contributed by atoms with Crippen molar-refractivity contribution in [2.24, 2.45) is 5.73 Å². The molecule has 10 atom stereocenters. The van der Waals surface area contributed by atoms with Crippen molar-refractivity contribution in [1.82, 2.24) is 5.32 Å². The van der Waals surface area contributed by atoms with Gasteiger partial charge in [-0.3, -0.25) is 0 Å². The average Bonchev–Trinajstić information content (AvgIpc) is 2.60. The molecule has 15 heteroatoms. The largest absolute Gasteiger partial charge is 0.412 e. The number of aliphatic hydroxyl groups excluding tert-OH is 7. The van der Waals surface area contributed by atoms with Crippen LogP contribution in [0.2, 0.25) is 0 Å².